The Kier molecular flexibility index (Phi) is 3.82. The highest BCUT2D eigenvalue weighted by Crippen LogP contribution is 2.20. The van der Waals surface area contributed by atoms with Crippen LogP contribution < -0.4 is 5.73 Å². The van der Waals surface area contributed by atoms with Gasteiger partial charge >= 0.3 is 0 Å². The number of rotatable bonds is 3. The molecular formula is C9H11IN2O2. The summed E-state index contributed by atoms with van der Waals surface area (Å²) in [5.41, 5.74) is 6.71. The maximum atomic E-state index is 10.5. The zero-order chi connectivity index (χ0) is 10.7. The van der Waals surface area contributed by atoms with Gasteiger partial charge in [0.25, 0.3) is 5.69 Å². The highest BCUT2D eigenvalue weighted by Gasteiger charge is 2.10. The normalized spacial score (nSPS) is 12.5. The molecule has 0 saturated heterocycles. The van der Waals surface area contributed by atoms with Crippen molar-refractivity contribution in [3.63, 3.8) is 0 Å². The van der Waals surface area contributed by atoms with Crippen LogP contribution in [-0.4, -0.2) is 11.0 Å². The molecule has 5 heteroatoms. The van der Waals surface area contributed by atoms with Gasteiger partial charge in [-0.1, -0.05) is 0 Å². The van der Waals surface area contributed by atoms with Gasteiger partial charge in [0.1, 0.15) is 0 Å². The molecule has 0 aliphatic rings. The minimum atomic E-state index is -0.388. The van der Waals surface area contributed by atoms with Gasteiger partial charge in [-0.15, -0.1) is 0 Å². The topological polar surface area (TPSA) is 69.2 Å². The predicted molar refractivity (Wildman–Crippen MR) is 63.2 cm³/mol. The molecule has 4 nitrogen and oxygen atoms in total. The molecule has 0 unspecified atom stereocenters. The van der Waals surface area contributed by atoms with E-state index in [0.29, 0.717) is 6.42 Å². The lowest BCUT2D eigenvalue weighted by Crippen LogP contribution is -2.18. The number of nitrogens with zero attached hydrogens (tertiary/aromatic N) is 1. The van der Waals surface area contributed by atoms with E-state index in [-0.39, 0.29) is 16.7 Å². The first-order valence-corrected chi connectivity index (χ1v) is 5.27. The van der Waals surface area contributed by atoms with Crippen LogP contribution >= 0.6 is 22.6 Å². The van der Waals surface area contributed by atoms with E-state index in [1.165, 1.54) is 6.07 Å². The summed E-state index contributed by atoms with van der Waals surface area (Å²) in [5.74, 6) is 0. The van der Waals surface area contributed by atoms with Crippen LogP contribution in [0.4, 0.5) is 5.69 Å². The maximum Gasteiger partial charge on any atom is 0.269 e. The van der Waals surface area contributed by atoms with Crippen molar-refractivity contribution >= 4 is 28.3 Å². The Bertz CT molecular complexity index is 353. The van der Waals surface area contributed by atoms with Crippen LogP contribution in [0.5, 0.6) is 0 Å². The molecule has 1 rings (SSSR count). The molecule has 14 heavy (non-hydrogen) atoms. The average molecular weight is 306 g/mol. The van der Waals surface area contributed by atoms with Crippen LogP contribution in [-0.2, 0) is 6.42 Å². The molecule has 0 saturated carbocycles. The molecule has 0 fully saturated rings. The molecule has 0 aromatic heterocycles. The molecule has 1 aromatic carbocycles. The Balaban J connectivity index is 3.02. The second-order valence-electron chi connectivity index (χ2n) is 3.21. The highest BCUT2D eigenvalue weighted by molar-refractivity contribution is 14.1. The van der Waals surface area contributed by atoms with Gasteiger partial charge in [0.05, 0.1) is 4.92 Å². The third-order valence-electron chi connectivity index (χ3n) is 1.78. The number of hydrogen-bond acceptors (Lipinski definition) is 3. The zero-order valence-corrected chi connectivity index (χ0v) is 9.89. The molecule has 0 aliphatic carbocycles. The zero-order valence-electron chi connectivity index (χ0n) is 7.74. The van der Waals surface area contributed by atoms with Gasteiger partial charge in [0, 0.05) is 21.7 Å². The summed E-state index contributed by atoms with van der Waals surface area (Å²) >= 11 is 2.16. The molecule has 0 aliphatic heterocycles. The van der Waals surface area contributed by atoms with Gasteiger partial charge in [-0.05, 0) is 47.6 Å². The summed E-state index contributed by atoms with van der Waals surface area (Å²) in [6, 6.07) is 4.86. The van der Waals surface area contributed by atoms with E-state index in [1.807, 2.05) is 6.92 Å². The SMILES string of the molecule is C[C@@H](N)Cc1cc([N+](=O)[O-])ccc1I. The van der Waals surface area contributed by atoms with E-state index in [0.717, 1.165) is 9.13 Å². The number of halogens is 1. The van der Waals surface area contributed by atoms with Crippen LogP contribution in [0.2, 0.25) is 0 Å². The minimum absolute atomic E-state index is 0.0190. The van der Waals surface area contributed by atoms with Crippen LogP contribution in [0.25, 0.3) is 0 Å². The molecule has 76 valence electrons. The Hall–Kier alpha value is -0.690. The lowest BCUT2D eigenvalue weighted by Gasteiger charge is -2.06. The van der Waals surface area contributed by atoms with E-state index >= 15 is 0 Å². The molecule has 0 bridgehead atoms. The first-order valence-electron chi connectivity index (χ1n) is 4.19. The standard InChI is InChI=1S/C9H11IN2O2/c1-6(11)4-7-5-8(12(13)14)2-3-9(7)10/h2-3,5-6H,4,11H2,1H3/t6-/m1/s1. The molecule has 0 heterocycles. The molecule has 2 N–H and O–H groups in total. The molecule has 1 aromatic rings. The van der Waals surface area contributed by atoms with Crippen LogP contribution in [0.15, 0.2) is 18.2 Å². The highest BCUT2D eigenvalue weighted by atomic mass is 127. The van der Waals surface area contributed by atoms with E-state index in [2.05, 4.69) is 22.6 Å². The number of nitrogens with two attached hydrogens (primary N) is 1. The minimum Gasteiger partial charge on any atom is -0.328 e. The van der Waals surface area contributed by atoms with Gasteiger partial charge in [-0.3, -0.25) is 10.1 Å². The van der Waals surface area contributed by atoms with Crippen molar-refractivity contribution in [2.24, 2.45) is 5.73 Å². The predicted octanol–water partition coefficient (Wildman–Crippen LogP) is 2.09. The summed E-state index contributed by atoms with van der Waals surface area (Å²) < 4.78 is 1.02. The summed E-state index contributed by atoms with van der Waals surface area (Å²) in [4.78, 5) is 10.1. The number of nitro groups is 1. The summed E-state index contributed by atoms with van der Waals surface area (Å²) in [5, 5.41) is 10.5. The number of benzene rings is 1. The quantitative estimate of drug-likeness (QED) is 0.528. The molecular weight excluding hydrogens is 295 g/mol. The van der Waals surface area contributed by atoms with Crippen LogP contribution in [0.3, 0.4) is 0 Å². The number of hydrogen-bond donors (Lipinski definition) is 1. The largest absolute Gasteiger partial charge is 0.328 e. The molecule has 0 radical (unpaired) electrons. The summed E-state index contributed by atoms with van der Waals surface area (Å²) in [6.07, 6.45) is 0.667. The van der Waals surface area contributed by atoms with Gasteiger partial charge in [-0.2, -0.15) is 0 Å². The first-order chi connectivity index (χ1) is 6.50. The Morgan fingerprint density at radius 3 is 2.79 bits per heavy atom. The molecule has 0 amide bonds. The number of nitro benzene ring substituents is 1. The smallest absolute Gasteiger partial charge is 0.269 e. The fourth-order valence-corrected chi connectivity index (χ4v) is 1.73. The van der Waals surface area contributed by atoms with Crippen molar-refractivity contribution in [1.29, 1.82) is 0 Å². The van der Waals surface area contributed by atoms with E-state index < -0.39 is 0 Å². The third-order valence-corrected chi connectivity index (χ3v) is 2.83. The summed E-state index contributed by atoms with van der Waals surface area (Å²) in [7, 11) is 0. The lowest BCUT2D eigenvalue weighted by atomic mass is 10.1. The van der Waals surface area contributed by atoms with Crippen LogP contribution in [0, 0.1) is 13.7 Å². The monoisotopic (exact) mass is 306 g/mol. The van der Waals surface area contributed by atoms with Gasteiger partial charge in [0.15, 0.2) is 0 Å². The Labute approximate surface area is 95.8 Å². The maximum absolute atomic E-state index is 10.5. The van der Waals surface area contributed by atoms with Crippen molar-refractivity contribution in [3.8, 4) is 0 Å². The van der Waals surface area contributed by atoms with Crippen molar-refractivity contribution in [2.45, 2.75) is 19.4 Å². The first kappa shape index (κ1) is 11.4. The summed E-state index contributed by atoms with van der Waals surface area (Å²) in [6.45, 7) is 1.88. The second-order valence-corrected chi connectivity index (χ2v) is 4.38. The lowest BCUT2D eigenvalue weighted by molar-refractivity contribution is -0.384. The van der Waals surface area contributed by atoms with Gasteiger partial charge in [0.2, 0.25) is 0 Å². The fraction of sp³-hybridized carbons (Fsp3) is 0.333. The van der Waals surface area contributed by atoms with E-state index in [4.69, 9.17) is 5.73 Å². The van der Waals surface area contributed by atoms with Crippen LogP contribution in [0.1, 0.15) is 12.5 Å². The van der Waals surface area contributed by atoms with Gasteiger partial charge < -0.3 is 5.73 Å². The van der Waals surface area contributed by atoms with Gasteiger partial charge in [-0.25, -0.2) is 0 Å². The molecule has 0 spiro atoms. The van der Waals surface area contributed by atoms with E-state index in [9.17, 15) is 10.1 Å². The van der Waals surface area contributed by atoms with Crippen molar-refractivity contribution < 1.29 is 4.92 Å². The average Bonchev–Trinajstić information content (AvgIpc) is 2.07. The Morgan fingerprint density at radius 1 is 1.64 bits per heavy atom. The second kappa shape index (κ2) is 4.70. The fourth-order valence-electron chi connectivity index (χ4n) is 1.18. The van der Waals surface area contributed by atoms with E-state index in [1.54, 1.807) is 12.1 Å². The van der Waals surface area contributed by atoms with Crippen molar-refractivity contribution in [3.05, 3.63) is 37.4 Å². The third kappa shape index (κ3) is 2.91. The van der Waals surface area contributed by atoms with Crippen molar-refractivity contribution in [1.82, 2.24) is 0 Å². The Morgan fingerprint density at radius 2 is 2.29 bits per heavy atom. The molecule has 1 atom stereocenters. The number of non-ortho nitro benzene ring substituents is 1. The van der Waals surface area contributed by atoms with Crippen molar-refractivity contribution in [2.75, 3.05) is 0 Å².